The minimum atomic E-state index is -0.517. The monoisotopic (exact) mass is 336 g/mol. The number of nitrogens with one attached hydrogen (secondary N) is 1. The molecule has 0 aliphatic carbocycles. The smallest absolute Gasteiger partial charge is 0.271 e. The Balaban J connectivity index is 1.93. The summed E-state index contributed by atoms with van der Waals surface area (Å²) in [4.78, 5) is 22.1. The van der Waals surface area contributed by atoms with E-state index in [2.05, 4.69) is 15.5 Å². The van der Waals surface area contributed by atoms with Crippen molar-refractivity contribution in [2.24, 2.45) is 0 Å². The lowest BCUT2D eigenvalue weighted by Crippen LogP contribution is -2.17. The molecule has 0 fully saturated rings. The second kappa shape index (κ2) is 7.58. The van der Waals surface area contributed by atoms with Crippen LogP contribution in [0.3, 0.4) is 0 Å². The van der Waals surface area contributed by atoms with Gasteiger partial charge in [0.2, 0.25) is 11.1 Å². The first kappa shape index (κ1) is 16.7. The Labute approximate surface area is 136 Å². The molecular formula is C13H16N6O3S. The fourth-order valence-corrected chi connectivity index (χ4v) is 2.50. The van der Waals surface area contributed by atoms with Gasteiger partial charge in [0.15, 0.2) is 5.82 Å². The summed E-state index contributed by atoms with van der Waals surface area (Å²) in [5.41, 5.74) is 0.284. The summed E-state index contributed by atoms with van der Waals surface area (Å²) < 4.78 is 1.37. The highest BCUT2D eigenvalue weighted by Gasteiger charge is 2.12. The van der Waals surface area contributed by atoms with Crippen molar-refractivity contribution in [1.82, 2.24) is 14.9 Å². The fraction of sp³-hybridized carbons (Fsp3) is 0.308. The van der Waals surface area contributed by atoms with E-state index in [0.717, 1.165) is 18.2 Å². The van der Waals surface area contributed by atoms with Crippen molar-refractivity contribution in [2.45, 2.75) is 24.9 Å². The third kappa shape index (κ3) is 4.42. The van der Waals surface area contributed by atoms with Crippen LogP contribution in [0.25, 0.3) is 0 Å². The highest BCUT2D eigenvalue weighted by molar-refractivity contribution is 7.99. The number of benzene rings is 1. The largest absolute Gasteiger partial charge is 0.336 e. The molecule has 3 N–H and O–H groups in total. The Morgan fingerprint density at radius 3 is 2.96 bits per heavy atom. The average Bonchev–Trinajstić information content (AvgIpc) is 2.86. The zero-order valence-electron chi connectivity index (χ0n) is 12.4. The fourth-order valence-electron chi connectivity index (χ4n) is 1.82. The third-order valence-electron chi connectivity index (χ3n) is 2.88. The summed E-state index contributed by atoms with van der Waals surface area (Å²) in [5, 5.41) is 21.6. The molecule has 0 bridgehead atoms. The molecule has 0 spiro atoms. The number of hydrogen-bond acceptors (Lipinski definition) is 7. The van der Waals surface area contributed by atoms with E-state index in [1.54, 1.807) is 6.07 Å². The number of thioether (sulfide) groups is 1. The van der Waals surface area contributed by atoms with Crippen LogP contribution in [0.5, 0.6) is 0 Å². The summed E-state index contributed by atoms with van der Waals surface area (Å²) >= 11 is 1.15. The summed E-state index contributed by atoms with van der Waals surface area (Å²) in [6.07, 6.45) is 1.61. The van der Waals surface area contributed by atoms with Gasteiger partial charge in [-0.1, -0.05) is 24.8 Å². The van der Waals surface area contributed by atoms with E-state index in [9.17, 15) is 14.9 Å². The second-order valence-electron chi connectivity index (χ2n) is 4.66. The highest BCUT2D eigenvalue weighted by atomic mass is 32.2. The lowest BCUT2D eigenvalue weighted by Gasteiger charge is -2.05. The number of nitrogens with two attached hydrogens (primary N) is 1. The Hall–Kier alpha value is -2.62. The number of aryl methyl sites for hydroxylation is 1. The van der Waals surface area contributed by atoms with Gasteiger partial charge in [0.25, 0.3) is 5.69 Å². The van der Waals surface area contributed by atoms with E-state index >= 15 is 0 Å². The van der Waals surface area contributed by atoms with Crippen molar-refractivity contribution >= 4 is 29.0 Å². The molecular weight excluding hydrogens is 320 g/mol. The molecule has 122 valence electrons. The Kier molecular flexibility index (Phi) is 5.52. The number of hydrogen-bond donors (Lipinski definition) is 2. The van der Waals surface area contributed by atoms with E-state index in [-0.39, 0.29) is 17.3 Å². The number of carbonyl (C=O) groups excluding carboxylic acids is 1. The number of amides is 1. The van der Waals surface area contributed by atoms with Gasteiger partial charge in [-0.05, 0) is 12.5 Å². The van der Waals surface area contributed by atoms with E-state index in [1.165, 1.54) is 22.9 Å². The van der Waals surface area contributed by atoms with Gasteiger partial charge in [0, 0.05) is 24.2 Å². The van der Waals surface area contributed by atoms with Crippen molar-refractivity contribution in [2.75, 3.05) is 16.9 Å². The molecule has 1 aromatic carbocycles. The number of nitrogens with zero attached hydrogens (tertiary/aromatic N) is 4. The molecule has 1 amide bonds. The van der Waals surface area contributed by atoms with Crippen LogP contribution in [0.4, 0.5) is 11.4 Å². The maximum atomic E-state index is 11.9. The number of anilines is 1. The van der Waals surface area contributed by atoms with E-state index in [4.69, 9.17) is 5.84 Å². The van der Waals surface area contributed by atoms with E-state index in [1.807, 2.05) is 6.92 Å². The number of nitrogen functional groups attached to an aromatic ring is 1. The standard InChI is InChI=1S/C13H16N6O3S/c1-2-4-11-16-17-13(18(11)14)23-8-12(20)15-9-5-3-6-10(7-9)19(21)22/h3,5-7H,2,4,8,14H2,1H3,(H,15,20). The van der Waals surface area contributed by atoms with Crippen molar-refractivity contribution < 1.29 is 9.72 Å². The molecule has 2 rings (SSSR count). The van der Waals surface area contributed by atoms with Gasteiger partial charge in [-0.2, -0.15) is 0 Å². The average molecular weight is 336 g/mol. The second-order valence-corrected chi connectivity index (χ2v) is 5.61. The Morgan fingerprint density at radius 1 is 1.48 bits per heavy atom. The molecule has 0 atom stereocenters. The van der Waals surface area contributed by atoms with Crippen LogP contribution in [0, 0.1) is 10.1 Å². The summed E-state index contributed by atoms with van der Waals surface area (Å²) in [6.45, 7) is 2.01. The van der Waals surface area contributed by atoms with Crippen LogP contribution in [0.15, 0.2) is 29.4 Å². The quantitative estimate of drug-likeness (QED) is 0.340. The normalized spacial score (nSPS) is 10.5. The molecule has 0 aliphatic heterocycles. The van der Waals surface area contributed by atoms with Crippen molar-refractivity contribution in [1.29, 1.82) is 0 Å². The SMILES string of the molecule is CCCc1nnc(SCC(=O)Nc2cccc([N+](=O)[O-])c2)n1N. The number of aromatic nitrogens is 3. The van der Waals surface area contributed by atoms with Gasteiger partial charge in [0.05, 0.1) is 10.7 Å². The predicted molar refractivity (Wildman–Crippen MR) is 86.6 cm³/mol. The Morgan fingerprint density at radius 2 is 2.26 bits per heavy atom. The first-order valence-corrected chi connectivity index (χ1v) is 7.86. The molecule has 0 radical (unpaired) electrons. The molecule has 1 aromatic heterocycles. The molecule has 0 saturated heterocycles. The highest BCUT2D eigenvalue weighted by Crippen LogP contribution is 2.19. The third-order valence-corrected chi connectivity index (χ3v) is 3.82. The van der Waals surface area contributed by atoms with E-state index in [0.29, 0.717) is 23.1 Å². The molecule has 1 heterocycles. The van der Waals surface area contributed by atoms with Crippen LogP contribution in [0.2, 0.25) is 0 Å². The van der Waals surface area contributed by atoms with Gasteiger partial charge < -0.3 is 11.2 Å². The molecule has 9 nitrogen and oxygen atoms in total. The maximum absolute atomic E-state index is 11.9. The number of carbonyl (C=O) groups is 1. The van der Waals surface area contributed by atoms with Crippen molar-refractivity contribution in [3.05, 3.63) is 40.2 Å². The molecule has 0 saturated carbocycles. The van der Waals surface area contributed by atoms with Crippen molar-refractivity contribution in [3.8, 4) is 0 Å². The van der Waals surface area contributed by atoms with E-state index < -0.39 is 4.92 Å². The topological polar surface area (TPSA) is 129 Å². The number of nitro benzene ring substituents is 1. The maximum Gasteiger partial charge on any atom is 0.271 e. The van der Waals surface area contributed by atoms with Gasteiger partial charge in [0.1, 0.15) is 0 Å². The first-order valence-electron chi connectivity index (χ1n) is 6.87. The van der Waals surface area contributed by atoms with Crippen LogP contribution in [-0.2, 0) is 11.2 Å². The predicted octanol–water partition coefficient (Wildman–Crippen LogP) is 1.58. The molecule has 23 heavy (non-hydrogen) atoms. The molecule has 2 aromatic rings. The number of rotatable bonds is 7. The molecule has 0 unspecified atom stereocenters. The van der Waals surface area contributed by atoms with Gasteiger partial charge in [-0.25, -0.2) is 4.68 Å². The van der Waals surface area contributed by atoms with Gasteiger partial charge in [-0.3, -0.25) is 14.9 Å². The van der Waals surface area contributed by atoms with Gasteiger partial charge in [-0.15, -0.1) is 10.2 Å². The van der Waals surface area contributed by atoms with Crippen LogP contribution in [-0.4, -0.2) is 31.5 Å². The van der Waals surface area contributed by atoms with Crippen molar-refractivity contribution in [3.63, 3.8) is 0 Å². The molecule has 10 heteroatoms. The lowest BCUT2D eigenvalue weighted by atomic mass is 10.3. The number of nitro groups is 1. The minimum Gasteiger partial charge on any atom is -0.336 e. The summed E-state index contributed by atoms with van der Waals surface area (Å²) in [6, 6.07) is 5.75. The van der Waals surface area contributed by atoms with Crippen LogP contribution >= 0.6 is 11.8 Å². The Bertz CT molecular complexity index is 717. The van der Waals surface area contributed by atoms with Crippen LogP contribution < -0.4 is 11.2 Å². The first-order chi connectivity index (χ1) is 11.0. The van der Waals surface area contributed by atoms with Crippen LogP contribution in [0.1, 0.15) is 19.2 Å². The zero-order chi connectivity index (χ0) is 16.8. The summed E-state index contributed by atoms with van der Waals surface area (Å²) in [5.74, 6) is 6.27. The molecule has 0 aliphatic rings. The summed E-state index contributed by atoms with van der Waals surface area (Å²) in [7, 11) is 0. The lowest BCUT2D eigenvalue weighted by molar-refractivity contribution is -0.384. The van der Waals surface area contributed by atoms with Gasteiger partial charge >= 0.3 is 0 Å². The number of non-ortho nitro benzene ring substituents is 1. The minimum absolute atomic E-state index is 0.0736. The zero-order valence-corrected chi connectivity index (χ0v) is 13.2.